The van der Waals surface area contributed by atoms with Gasteiger partial charge in [-0.3, -0.25) is 4.79 Å². The fourth-order valence-electron chi connectivity index (χ4n) is 1.53. The number of carbonyl (C=O) groups is 1. The van der Waals surface area contributed by atoms with Gasteiger partial charge in [0.2, 0.25) is 10.0 Å². The molecule has 0 fully saturated rings. The van der Waals surface area contributed by atoms with Gasteiger partial charge in [-0.25, -0.2) is 8.42 Å². The zero-order valence-electron chi connectivity index (χ0n) is 11.3. The van der Waals surface area contributed by atoms with Gasteiger partial charge >= 0.3 is 5.97 Å². The van der Waals surface area contributed by atoms with Gasteiger partial charge in [0.1, 0.15) is 16.2 Å². The fourth-order valence-corrected chi connectivity index (χ4v) is 3.07. The molecule has 1 aromatic carbocycles. The average molecular weight is 287 g/mol. The van der Waals surface area contributed by atoms with Crippen molar-refractivity contribution in [1.29, 1.82) is 0 Å². The maximum absolute atomic E-state index is 12.2. The van der Waals surface area contributed by atoms with Gasteiger partial charge < -0.3 is 9.47 Å². The smallest absolute Gasteiger partial charge is 0.326 e. The fraction of sp³-hybridized carbons (Fsp3) is 0.417. The topological polar surface area (TPSA) is 81.7 Å². The summed E-state index contributed by atoms with van der Waals surface area (Å²) in [5.74, 6) is -0.471. The van der Waals surface area contributed by atoms with Crippen molar-refractivity contribution in [3.05, 3.63) is 24.3 Å². The maximum atomic E-state index is 12.2. The van der Waals surface area contributed by atoms with Crippen LogP contribution in [0.15, 0.2) is 29.2 Å². The number of hydrogen-bond donors (Lipinski definition) is 1. The van der Waals surface area contributed by atoms with E-state index < -0.39 is 21.5 Å². The number of para-hydroxylation sites is 1. The molecule has 0 unspecified atom stereocenters. The van der Waals surface area contributed by atoms with Crippen LogP contribution in [0.25, 0.3) is 0 Å². The number of ether oxygens (including phenoxy) is 2. The largest absolute Gasteiger partial charge is 0.495 e. The molecule has 0 aliphatic rings. The standard InChI is InChI=1S/C12H17NO5S/c1-12(2,11(14)18-4)13-19(15,16)10-8-6-5-7-9(10)17-3/h5-8,13H,1-4H3. The Morgan fingerprint density at radius 1 is 1.21 bits per heavy atom. The molecule has 0 aliphatic heterocycles. The van der Waals surface area contributed by atoms with Crippen LogP contribution in [0.3, 0.4) is 0 Å². The number of rotatable bonds is 5. The van der Waals surface area contributed by atoms with E-state index in [-0.39, 0.29) is 10.6 Å². The second-order valence-electron chi connectivity index (χ2n) is 4.37. The molecule has 0 saturated carbocycles. The van der Waals surface area contributed by atoms with Crippen LogP contribution in [-0.2, 0) is 19.6 Å². The van der Waals surface area contributed by atoms with Gasteiger partial charge in [0.05, 0.1) is 14.2 Å². The molecule has 0 aliphatic carbocycles. The number of sulfonamides is 1. The number of carbonyl (C=O) groups excluding carboxylic acids is 1. The van der Waals surface area contributed by atoms with Gasteiger partial charge in [0.15, 0.2) is 0 Å². The Bertz CT molecular complexity index is 565. The van der Waals surface area contributed by atoms with Crippen LogP contribution < -0.4 is 9.46 Å². The van der Waals surface area contributed by atoms with E-state index in [1.165, 1.54) is 40.2 Å². The summed E-state index contributed by atoms with van der Waals surface area (Å²) in [4.78, 5) is 11.5. The third-order valence-corrected chi connectivity index (χ3v) is 4.14. The lowest BCUT2D eigenvalue weighted by atomic mass is 10.1. The SMILES string of the molecule is COC(=O)C(C)(C)NS(=O)(=O)c1ccccc1OC. The highest BCUT2D eigenvalue weighted by molar-refractivity contribution is 7.89. The van der Waals surface area contributed by atoms with Crippen molar-refractivity contribution in [3.63, 3.8) is 0 Å². The molecule has 1 N–H and O–H groups in total. The molecule has 0 aromatic heterocycles. The minimum atomic E-state index is -3.89. The van der Waals surface area contributed by atoms with Crippen LogP contribution in [0.5, 0.6) is 5.75 Å². The molecule has 0 bridgehead atoms. The number of methoxy groups -OCH3 is 2. The Labute approximate surface area is 112 Å². The van der Waals surface area contributed by atoms with Gasteiger partial charge in [0, 0.05) is 0 Å². The highest BCUT2D eigenvalue weighted by atomic mass is 32.2. The Morgan fingerprint density at radius 2 is 1.79 bits per heavy atom. The maximum Gasteiger partial charge on any atom is 0.326 e. The van der Waals surface area contributed by atoms with Crippen LogP contribution in [0, 0.1) is 0 Å². The van der Waals surface area contributed by atoms with Gasteiger partial charge in [0.25, 0.3) is 0 Å². The second kappa shape index (κ2) is 5.58. The van der Waals surface area contributed by atoms with Crippen molar-refractivity contribution in [3.8, 4) is 5.75 Å². The molecular weight excluding hydrogens is 270 g/mol. The van der Waals surface area contributed by atoms with E-state index in [4.69, 9.17) is 4.74 Å². The average Bonchev–Trinajstić information content (AvgIpc) is 2.36. The predicted octanol–water partition coefficient (Wildman–Crippen LogP) is 0.925. The van der Waals surface area contributed by atoms with Crippen molar-refractivity contribution >= 4 is 16.0 Å². The number of hydrogen-bond acceptors (Lipinski definition) is 5. The molecule has 0 atom stereocenters. The summed E-state index contributed by atoms with van der Waals surface area (Å²) in [6.45, 7) is 2.84. The predicted molar refractivity (Wildman–Crippen MR) is 69.4 cm³/mol. The summed E-state index contributed by atoms with van der Waals surface area (Å²) in [5, 5.41) is 0. The van der Waals surface area contributed by atoms with Crippen molar-refractivity contribution in [2.45, 2.75) is 24.3 Å². The first-order valence-corrected chi connectivity index (χ1v) is 6.98. The van der Waals surface area contributed by atoms with Gasteiger partial charge in [-0.05, 0) is 26.0 Å². The van der Waals surface area contributed by atoms with E-state index in [9.17, 15) is 13.2 Å². The molecule has 0 heterocycles. The van der Waals surface area contributed by atoms with Gasteiger partial charge in [-0.2, -0.15) is 4.72 Å². The zero-order chi connectivity index (χ0) is 14.7. The van der Waals surface area contributed by atoms with Crippen LogP contribution in [0.1, 0.15) is 13.8 Å². The molecule has 0 spiro atoms. The lowest BCUT2D eigenvalue weighted by Gasteiger charge is -2.23. The molecule has 0 radical (unpaired) electrons. The van der Waals surface area contributed by atoms with Crippen molar-refractivity contribution in [1.82, 2.24) is 4.72 Å². The third kappa shape index (κ3) is 3.45. The monoisotopic (exact) mass is 287 g/mol. The molecule has 106 valence electrons. The molecule has 1 aromatic rings. The second-order valence-corrected chi connectivity index (χ2v) is 6.02. The molecule has 0 saturated heterocycles. The van der Waals surface area contributed by atoms with Crippen LogP contribution in [0.4, 0.5) is 0 Å². The highest BCUT2D eigenvalue weighted by Crippen LogP contribution is 2.24. The third-order valence-electron chi connectivity index (χ3n) is 2.44. The van der Waals surface area contributed by atoms with E-state index in [2.05, 4.69) is 9.46 Å². The lowest BCUT2D eigenvalue weighted by Crippen LogP contribution is -2.50. The first kappa shape index (κ1) is 15.5. The van der Waals surface area contributed by atoms with E-state index in [0.29, 0.717) is 0 Å². The van der Waals surface area contributed by atoms with E-state index in [0.717, 1.165) is 0 Å². The summed E-state index contributed by atoms with van der Waals surface area (Å²) >= 11 is 0. The van der Waals surface area contributed by atoms with Crippen molar-refractivity contribution < 1.29 is 22.7 Å². The van der Waals surface area contributed by atoms with E-state index in [1.54, 1.807) is 12.1 Å². The van der Waals surface area contributed by atoms with Crippen LogP contribution >= 0.6 is 0 Å². The van der Waals surface area contributed by atoms with Crippen LogP contribution in [-0.4, -0.2) is 34.1 Å². The molecule has 0 amide bonds. The summed E-state index contributed by atoms with van der Waals surface area (Å²) < 4.78 is 36.3. The minimum absolute atomic E-state index is 0.0329. The molecule has 1 rings (SSSR count). The molecular formula is C12H17NO5S. The molecule has 19 heavy (non-hydrogen) atoms. The highest BCUT2D eigenvalue weighted by Gasteiger charge is 2.35. The molecule has 6 nitrogen and oxygen atoms in total. The van der Waals surface area contributed by atoms with Crippen molar-refractivity contribution in [2.75, 3.05) is 14.2 Å². The summed E-state index contributed by atoms with van der Waals surface area (Å²) in [6, 6.07) is 6.15. The van der Waals surface area contributed by atoms with Crippen LogP contribution in [0.2, 0.25) is 0 Å². The first-order valence-electron chi connectivity index (χ1n) is 5.50. The minimum Gasteiger partial charge on any atom is -0.495 e. The first-order chi connectivity index (χ1) is 8.74. The lowest BCUT2D eigenvalue weighted by molar-refractivity contribution is -0.146. The Hall–Kier alpha value is -1.60. The summed E-state index contributed by atoms with van der Waals surface area (Å²) in [6.07, 6.45) is 0. The van der Waals surface area contributed by atoms with Gasteiger partial charge in [-0.15, -0.1) is 0 Å². The zero-order valence-corrected chi connectivity index (χ0v) is 12.1. The van der Waals surface area contributed by atoms with E-state index in [1.807, 2.05) is 0 Å². The van der Waals surface area contributed by atoms with E-state index >= 15 is 0 Å². The summed E-state index contributed by atoms with van der Waals surface area (Å²) in [7, 11) is -1.32. The normalized spacial score (nSPS) is 12.0. The Balaban J connectivity index is 3.16. The Kier molecular flexibility index (Phi) is 4.54. The molecule has 7 heteroatoms. The summed E-state index contributed by atoms with van der Waals surface area (Å²) in [5.41, 5.74) is -1.37. The number of nitrogens with one attached hydrogen (secondary N) is 1. The Morgan fingerprint density at radius 3 is 2.32 bits per heavy atom. The van der Waals surface area contributed by atoms with Gasteiger partial charge in [-0.1, -0.05) is 12.1 Å². The number of benzene rings is 1. The van der Waals surface area contributed by atoms with Crippen molar-refractivity contribution in [2.24, 2.45) is 0 Å². The number of esters is 1. The quantitative estimate of drug-likeness (QED) is 0.815.